The summed E-state index contributed by atoms with van der Waals surface area (Å²) in [4.78, 5) is 18.0. The first-order valence-electron chi connectivity index (χ1n) is 12.4. The number of rotatable bonds is 9. The summed E-state index contributed by atoms with van der Waals surface area (Å²) in [5.41, 5.74) is 0.492. The molecule has 1 heterocycles. The van der Waals surface area contributed by atoms with Crippen LogP contribution in [-0.2, 0) is 12.6 Å². The van der Waals surface area contributed by atoms with Gasteiger partial charge >= 0.3 is 6.18 Å². The molecule has 0 saturated carbocycles. The number of halogens is 3. The summed E-state index contributed by atoms with van der Waals surface area (Å²) in [5.74, 6) is 1.06. The third kappa shape index (κ3) is 6.03. The van der Waals surface area contributed by atoms with Crippen molar-refractivity contribution in [3.8, 4) is 22.9 Å². The van der Waals surface area contributed by atoms with Crippen LogP contribution in [-0.4, -0.2) is 29.1 Å². The molecule has 9 heteroatoms. The highest BCUT2D eigenvalue weighted by atomic mass is 19.4. The number of para-hydroxylation sites is 1. The summed E-state index contributed by atoms with van der Waals surface area (Å²) < 4.78 is 53.0. The van der Waals surface area contributed by atoms with Gasteiger partial charge in [0.25, 0.3) is 5.56 Å². The third-order valence-electron chi connectivity index (χ3n) is 6.16. The Hall–Kier alpha value is -4.40. The molecule has 1 atom stereocenters. The Balaban J connectivity index is 1.89. The van der Waals surface area contributed by atoms with E-state index in [0.717, 1.165) is 28.8 Å². The van der Waals surface area contributed by atoms with Gasteiger partial charge in [0.15, 0.2) is 17.3 Å². The smallest absolute Gasteiger partial charge is 0.416 e. The Bertz CT molecular complexity index is 1590. The number of fused-ring (bicyclic) bond motifs is 1. The second-order valence-electron chi connectivity index (χ2n) is 8.93. The molecule has 0 spiro atoms. The first-order chi connectivity index (χ1) is 18.7. The summed E-state index contributed by atoms with van der Waals surface area (Å²) in [6.07, 6.45) is -0.121. The molecule has 39 heavy (non-hydrogen) atoms. The number of benzene rings is 3. The highest BCUT2D eigenvalue weighted by Crippen LogP contribution is 2.35. The Kier molecular flexibility index (Phi) is 8.18. The van der Waals surface area contributed by atoms with Crippen LogP contribution in [0, 0.1) is 0 Å². The third-order valence-corrected chi connectivity index (χ3v) is 6.16. The lowest BCUT2D eigenvalue weighted by Crippen LogP contribution is -2.20. The molecule has 0 aliphatic carbocycles. The van der Waals surface area contributed by atoms with Crippen molar-refractivity contribution in [2.45, 2.75) is 39.0 Å². The fraction of sp³-hybridized carbons (Fsp3) is 0.233. The first kappa shape index (κ1) is 27.6. The number of hydrogen-bond acceptors (Lipinski definition) is 5. The second-order valence-corrected chi connectivity index (χ2v) is 8.93. The number of hydrogen-bond donors (Lipinski definition) is 0. The van der Waals surface area contributed by atoms with Crippen LogP contribution < -0.4 is 15.0 Å². The van der Waals surface area contributed by atoms with Crippen molar-refractivity contribution in [1.82, 2.24) is 9.66 Å². The normalized spacial score (nSPS) is 12.6. The van der Waals surface area contributed by atoms with E-state index in [9.17, 15) is 18.0 Å². The monoisotopic (exact) mass is 535 g/mol. The number of aromatic nitrogens is 2. The van der Waals surface area contributed by atoms with E-state index in [2.05, 4.69) is 16.7 Å². The summed E-state index contributed by atoms with van der Waals surface area (Å²) >= 11 is 0. The van der Waals surface area contributed by atoms with E-state index < -0.39 is 17.3 Å². The molecule has 0 aliphatic rings. The number of ether oxygens (including phenoxy) is 2. The van der Waals surface area contributed by atoms with Crippen LogP contribution in [0.15, 0.2) is 83.2 Å². The predicted octanol–water partition coefficient (Wildman–Crippen LogP) is 6.88. The molecule has 0 unspecified atom stereocenters. The highest BCUT2D eigenvalue weighted by molar-refractivity contribution is 5.83. The summed E-state index contributed by atoms with van der Waals surface area (Å²) in [7, 11) is 1.53. The molecular formula is C30H28F3N3O3. The van der Waals surface area contributed by atoms with Crippen LogP contribution in [0.4, 0.5) is 13.2 Å². The van der Waals surface area contributed by atoms with Crippen LogP contribution >= 0.6 is 0 Å². The van der Waals surface area contributed by atoms with Crippen molar-refractivity contribution in [2.75, 3.05) is 7.11 Å². The van der Waals surface area contributed by atoms with Gasteiger partial charge in [-0.05, 0) is 61.7 Å². The molecule has 0 fully saturated rings. The Morgan fingerprint density at radius 3 is 2.59 bits per heavy atom. The van der Waals surface area contributed by atoms with Crippen molar-refractivity contribution in [3.05, 3.63) is 100 Å². The molecule has 4 aromatic rings. The van der Waals surface area contributed by atoms with Crippen molar-refractivity contribution in [1.29, 1.82) is 0 Å². The van der Waals surface area contributed by atoms with E-state index in [1.165, 1.54) is 25.5 Å². The molecule has 202 valence electrons. The minimum atomic E-state index is -4.56. The summed E-state index contributed by atoms with van der Waals surface area (Å²) in [6, 6.07) is 14.8. The van der Waals surface area contributed by atoms with E-state index in [4.69, 9.17) is 9.47 Å². The maximum atomic E-state index is 13.5. The van der Waals surface area contributed by atoms with Crippen molar-refractivity contribution < 1.29 is 22.6 Å². The minimum Gasteiger partial charge on any atom is -0.493 e. The zero-order valence-corrected chi connectivity index (χ0v) is 21.8. The summed E-state index contributed by atoms with van der Waals surface area (Å²) in [5, 5.41) is 4.68. The Morgan fingerprint density at radius 1 is 1.13 bits per heavy atom. The zero-order chi connectivity index (χ0) is 28.2. The molecule has 4 rings (SSSR count). The van der Waals surface area contributed by atoms with Crippen LogP contribution in [0.25, 0.3) is 22.3 Å². The topological polar surface area (TPSA) is 65.7 Å². The van der Waals surface area contributed by atoms with Crippen LogP contribution in [0.1, 0.15) is 37.0 Å². The standard InChI is InChI=1S/C30H28F3N3O3/c1-5-10-21-15-20(16-26(38-4)27(21)39-19(3)6-2)18-34-36-28(22-11-9-12-23(17-22)30(31,32)33)35-25-14-8-7-13-24(25)29(36)37/h5,7-9,11-19H,1,6,10H2,2-4H3/t19-/m1/s1. The fourth-order valence-corrected chi connectivity index (χ4v) is 4.01. The average molecular weight is 536 g/mol. The number of alkyl halides is 3. The highest BCUT2D eigenvalue weighted by Gasteiger charge is 2.31. The first-order valence-corrected chi connectivity index (χ1v) is 12.4. The van der Waals surface area contributed by atoms with Crippen LogP contribution in [0.3, 0.4) is 0 Å². The fourth-order valence-electron chi connectivity index (χ4n) is 4.01. The van der Waals surface area contributed by atoms with Crippen molar-refractivity contribution >= 4 is 17.1 Å². The minimum absolute atomic E-state index is 0.0175. The Labute approximate surface area is 224 Å². The van der Waals surface area contributed by atoms with Gasteiger partial charge in [-0.25, -0.2) is 4.98 Å². The molecule has 3 aromatic carbocycles. The summed E-state index contributed by atoms with van der Waals surface area (Å²) in [6.45, 7) is 7.80. The van der Waals surface area contributed by atoms with Gasteiger partial charge in [0.2, 0.25) is 0 Å². The van der Waals surface area contributed by atoms with E-state index in [1.54, 1.807) is 36.4 Å². The maximum Gasteiger partial charge on any atom is 0.416 e. The largest absolute Gasteiger partial charge is 0.493 e. The average Bonchev–Trinajstić information content (AvgIpc) is 2.93. The lowest BCUT2D eigenvalue weighted by Gasteiger charge is -2.19. The van der Waals surface area contributed by atoms with Gasteiger partial charge in [-0.15, -0.1) is 6.58 Å². The number of methoxy groups -OCH3 is 1. The van der Waals surface area contributed by atoms with Gasteiger partial charge in [-0.2, -0.15) is 22.9 Å². The molecule has 1 aromatic heterocycles. The number of allylic oxidation sites excluding steroid dienone is 1. The molecule has 0 saturated heterocycles. The molecule has 0 aliphatic heterocycles. The predicted molar refractivity (Wildman–Crippen MR) is 147 cm³/mol. The van der Waals surface area contributed by atoms with E-state index >= 15 is 0 Å². The van der Waals surface area contributed by atoms with E-state index in [-0.39, 0.29) is 22.9 Å². The van der Waals surface area contributed by atoms with Gasteiger partial charge in [-0.1, -0.05) is 37.3 Å². The van der Waals surface area contributed by atoms with Crippen LogP contribution in [0.2, 0.25) is 0 Å². The van der Waals surface area contributed by atoms with E-state index in [1.807, 2.05) is 19.9 Å². The Morgan fingerprint density at radius 2 is 1.90 bits per heavy atom. The molecule has 0 amide bonds. The molecule has 6 nitrogen and oxygen atoms in total. The van der Waals surface area contributed by atoms with Crippen molar-refractivity contribution in [3.63, 3.8) is 0 Å². The molecular weight excluding hydrogens is 507 g/mol. The van der Waals surface area contributed by atoms with Gasteiger partial charge in [0.05, 0.1) is 35.9 Å². The van der Waals surface area contributed by atoms with Gasteiger partial charge < -0.3 is 9.47 Å². The molecule has 0 N–H and O–H groups in total. The van der Waals surface area contributed by atoms with Crippen molar-refractivity contribution in [2.24, 2.45) is 5.10 Å². The molecule has 0 radical (unpaired) electrons. The second kappa shape index (κ2) is 11.6. The van der Waals surface area contributed by atoms with Gasteiger partial charge in [0, 0.05) is 11.1 Å². The number of nitrogens with zero attached hydrogens (tertiary/aromatic N) is 3. The quantitative estimate of drug-likeness (QED) is 0.173. The van der Waals surface area contributed by atoms with Gasteiger partial charge in [0.1, 0.15) is 0 Å². The zero-order valence-electron chi connectivity index (χ0n) is 21.8. The SMILES string of the molecule is C=CCc1cc(C=Nn2c(-c3cccc(C(F)(F)F)c3)nc3ccccc3c2=O)cc(OC)c1O[C@H](C)CC. The van der Waals surface area contributed by atoms with E-state index in [0.29, 0.717) is 29.0 Å². The molecule has 0 bridgehead atoms. The lowest BCUT2D eigenvalue weighted by atomic mass is 10.1. The van der Waals surface area contributed by atoms with Gasteiger partial charge in [-0.3, -0.25) is 4.79 Å². The maximum absolute atomic E-state index is 13.5. The van der Waals surface area contributed by atoms with Crippen LogP contribution in [0.5, 0.6) is 11.5 Å². The lowest BCUT2D eigenvalue weighted by molar-refractivity contribution is -0.137.